The molecule has 2 amide bonds. The lowest BCUT2D eigenvalue weighted by molar-refractivity contribution is -0.384. The van der Waals surface area contributed by atoms with E-state index in [0.29, 0.717) is 35.0 Å². The van der Waals surface area contributed by atoms with E-state index in [2.05, 4.69) is 10.1 Å². The Morgan fingerprint density at radius 1 is 1.12 bits per heavy atom. The van der Waals surface area contributed by atoms with Crippen LogP contribution in [-0.4, -0.2) is 53.8 Å². The highest BCUT2D eigenvalue weighted by molar-refractivity contribution is 6.31. The van der Waals surface area contributed by atoms with Crippen molar-refractivity contribution < 1.29 is 41.6 Å². The first-order valence-corrected chi connectivity index (χ1v) is 16.1. The molecule has 1 N–H and O–H groups in total. The molecule has 7 rings (SSSR count). The molecular formula is C34H30Cl2F4N4O6. The first kappa shape index (κ1) is 35.6. The van der Waals surface area contributed by atoms with Crippen molar-refractivity contribution in [2.24, 2.45) is 11.8 Å². The van der Waals surface area contributed by atoms with Crippen molar-refractivity contribution in [3.05, 3.63) is 96.8 Å². The predicted octanol–water partition coefficient (Wildman–Crippen LogP) is 7.56. The number of ether oxygens (including phenoxy) is 1. The second kappa shape index (κ2) is 12.5. The van der Waals surface area contributed by atoms with Crippen molar-refractivity contribution in [1.82, 2.24) is 4.90 Å². The molecule has 4 aliphatic rings. The maximum atomic E-state index is 16.2. The molecule has 10 nitrogen and oxygen atoms in total. The lowest BCUT2D eigenvalue weighted by atomic mass is 9.70. The number of anilines is 2. The van der Waals surface area contributed by atoms with E-state index < -0.39 is 80.6 Å². The molecule has 3 heterocycles. The summed E-state index contributed by atoms with van der Waals surface area (Å²) in [6, 6.07) is 9.06. The van der Waals surface area contributed by atoms with E-state index in [4.69, 9.17) is 23.2 Å². The molecule has 0 aromatic heterocycles. The molecule has 1 spiro atoms. The zero-order valence-corrected chi connectivity index (χ0v) is 27.0. The third kappa shape index (κ3) is 5.30. The van der Waals surface area contributed by atoms with Crippen LogP contribution in [0.4, 0.5) is 34.6 Å². The van der Waals surface area contributed by atoms with Crippen LogP contribution in [0.5, 0.6) is 0 Å². The van der Waals surface area contributed by atoms with E-state index in [0.717, 1.165) is 24.9 Å². The number of nitro groups is 1. The van der Waals surface area contributed by atoms with Crippen LogP contribution in [0.2, 0.25) is 10.0 Å². The number of nitro benzene ring substituents is 1. The molecule has 16 heteroatoms. The number of alkyl halides is 3. The zero-order valence-electron chi connectivity index (χ0n) is 25.5. The summed E-state index contributed by atoms with van der Waals surface area (Å²) in [7, 11) is 0.834. The van der Waals surface area contributed by atoms with Crippen molar-refractivity contribution in [3.63, 3.8) is 0 Å². The number of hydrogen-bond donors (Lipinski definition) is 1. The molecule has 1 aliphatic carbocycles. The van der Waals surface area contributed by atoms with Crippen LogP contribution in [0, 0.1) is 27.8 Å². The highest BCUT2D eigenvalue weighted by Gasteiger charge is 2.70. The summed E-state index contributed by atoms with van der Waals surface area (Å²) in [6.07, 6.45) is -3.38. The van der Waals surface area contributed by atoms with Crippen molar-refractivity contribution in [2.45, 2.75) is 50.4 Å². The molecule has 3 aliphatic heterocycles. The third-order valence-electron chi connectivity index (χ3n) is 10.0. The van der Waals surface area contributed by atoms with Gasteiger partial charge in [0.05, 0.1) is 34.1 Å². The highest BCUT2D eigenvalue weighted by Crippen LogP contribution is 2.62. The van der Waals surface area contributed by atoms with Crippen LogP contribution in [-0.2, 0) is 26.0 Å². The summed E-state index contributed by atoms with van der Waals surface area (Å²) in [5.41, 5.74) is -5.21. The number of amides is 2. The van der Waals surface area contributed by atoms with Crippen molar-refractivity contribution in [1.29, 1.82) is 0 Å². The minimum atomic E-state index is -5.16. The maximum absolute atomic E-state index is 16.2. The number of fused-ring (bicyclic) bond motifs is 3. The molecule has 3 aromatic rings. The van der Waals surface area contributed by atoms with Crippen LogP contribution >= 0.6 is 23.2 Å². The number of rotatable bonds is 6. The van der Waals surface area contributed by atoms with E-state index in [9.17, 15) is 37.7 Å². The fourth-order valence-corrected chi connectivity index (χ4v) is 8.28. The Labute approximate surface area is 293 Å². The topological polar surface area (TPSA) is 122 Å². The molecule has 2 saturated heterocycles. The van der Waals surface area contributed by atoms with E-state index in [-0.39, 0.29) is 36.9 Å². The normalized spacial score (nSPS) is 24.5. The molecular weight excluding hydrogens is 707 g/mol. The molecule has 1 saturated carbocycles. The van der Waals surface area contributed by atoms with Gasteiger partial charge >= 0.3 is 12.1 Å². The largest absolute Gasteiger partial charge is 0.465 e. The predicted molar refractivity (Wildman–Crippen MR) is 176 cm³/mol. The highest BCUT2D eigenvalue weighted by atomic mass is 35.5. The Bertz CT molecular complexity index is 1960. The molecule has 0 unspecified atom stereocenters. The van der Waals surface area contributed by atoms with Gasteiger partial charge in [0.25, 0.3) is 5.69 Å². The fraction of sp³-hybridized carbons (Fsp3) is 0.382. The molecule has 0 bridgehead atoms. The fourth-order valence-electron chi connectivity index (χ4n) is 7.93. The van der Waals surface area contributed by atoms with Gasteiger partial charge in [0.1, 0.15) is 17.0 Å². The molecule has 3 aromatic carbocycles. The van der Waals surface area contributed by atoms with Gasteiger partial charge in [0.15, 0.2) is 0 Å². The first-order chi connectivity index (χ1) is 23.2. The number of carbonyl (C=O) groups excluding carboxylic acids is 3. The Balaban J connectivity index is 0.00000432. The van der Waals surface area contributed by atoms with E-state index in [1.165, 1.54) is 18.2 Å². The second-order valence-corrected chi connectivity index (χ2v) is 13.5. The van der Waals surface area contributed by atoms with Gasteiger partial charge in [-0.25, -0.2) is 9.18 Å². The standard InChI is InChI=1S/C33H26Cl2F4N4O6.CH4/c1-49-30(45)18-12-25(43(47)48)24(13-20(18)33(37,38)39)41-10-9-23-26(29(41)44)27(17-3-2-4-21(35)28(17)36)32(42(23)14-15-5-6-15)19-8-7-16(34)11-22(19)40-31(32)46;/h2-4,7-8,11-13,15,23,26-27H,5-6,9-10,14H2,1H3,(H,40,46);1H4/t23-,26+,27-,32+;/m0./s1. The molecule has 4 atom stereocenters. The number of hydrogen-bond acceptors (Lipinski definition) is 7. The number of nitrogens with zero attached hydrogens (tertiary/aromatic N) is 3. The summed E-state index contributed by atoms with van der Waals surface area (Å²) in [4.78, 5) is 55.7. The number of likely N-dealkylation sites (tertiary alicyclic amines) is 1. The number of methoxy groups -OCH3 is 1. The van der Waals surface area contributed by atoms with Crippen LogP contribution in [0.1, 0.15) is 59.7 Å². The summed E-state index contributed by atoms with van der Waals surface area (Å²) in [5.74, 6) is -6.12. The third-order valence-corrected chi connectivity index (χ3v) is 10.6. The maximum Gasteiger partial charge on any atom is 0.417 e. The Morgan fingerprint density at radius 3 is 2.48 bits per heavy atom. The molecule has 0 radical (unpaired) electrons. The number of esters is 1. The summed E-state index contributed by atoms with van der Waals surface area (Å²) in [5, 5.41) is 15.2. The van der Waals surface area contributed by atoms with Crippen LogP contribution < -0.4 is 10.2 Å². The van der Waals surface area contributed by atoms with E-state index in [1.807, 2.05) is 4.90 Å². The molecule has 50 heavy (non-hydrogen) atoms. The molecule has 264 valence electrons. The average molecular weight is 738 g/mol. The monoisotopic (exact) mass is 736 g/mol. The average Bonchev–Trinajstić information content (AvgIpc) is 3.77. The number of carbonyl (C=O) groups is 3. The van der Waals surface area contributed by atoms with Crippen molar-refractivity contribution in [3.8, 4) is 0 Å². The van der Waals surface area contributed by atoms with Crippen LogP contribution in [0.25, 0.3) is 0 Å². The van der Waals surface area contributed by atoms with Gasteiger partial charge < -0.3 is 15.0 Å². The number of nitrogens with one attached hydrogen (secondary N) is 1. The van der Waals surface area contributed by atoms with Gasteiger partial charge in [-0.2, -0.15) is 13.2 Å². The SMILES string of the molecule is C.COC(=O)c1cc([N+](=O)[O-])c(N2CC[C@H]3[C@@H](C2=O)[C@H](c2cccc(Cl)c2F)[C@]2(C(=O)Nc4cc(Cl)ccc42)N3CC2CC2)cc1C(F)(F)F. The molecule has 3 fully saturated rings. The van der Waals surface area contributed by atoms with Gasteiger partial charge in [-0.3, -0.25) is 24.6 Å². The number of benzene rings is 3. The summed E-state index contributed by atoms with van der Waals surface area (Å²) >= 11 is 12.5. The van der Waals surface area contributed by atoms with Gasteiger partial charge in [-0.15, -0.1) is 0 Å². The smallest absolute Gasteiger partial charge is 0.417 e. The zero-order chi connectivity index (χ0) is 35.2. The van der Waals surface area contributed by atoms with Crippen molar-refractivity contribution >= 4 is 58.0 Å². The minimum absolute atomic E-state index is 0. The van der Waals surface area contributed by atoms with Crippen LogP contribution in [0.3, 0.4) is 0 Å². The summed E-state index contributed by atoms with van der Waals surface area (Å²) < 4.78 is 63.5. The van der Waals surface area contributed by atoms with Gasteiger partial charge in [-0.1, -0.05) is 48.8 Å². The van der Waals surface area contributed by atoms with Gasteiger partial charge in [0, 0.05) is 47.4 Å². The Hall–Kier alpha value is -4.27. The summed E-state index contributed by atoms with van der Waals surface area (Å²) in [6.45, 7) is 0.0849. The lowest BCUT2D eigenvalue weighted by Crippen LogP contribution is -2.54. The number of halogens is 6. The Kier molecular flexibility index (Phi) is 8.89. The first-order valence-electron chi connectivity index (χ1n) is 15.3. The van der Waals surface area contributed by atoms with E-state index in [1.54, 1.807) is 18.2 Å². The second-order valence-electron chi connectivity index (χ2n) is 12.6. The van der Waals surface area contributed by atoms with Gasteiger partial charge in [-0.05, 0) is 55.0 Å². The van der Waals surface area contributed by atoms with Crippen molar-refractivity contribution in [2.75, 3.05) is 30.4 Å². The minimum Gasteiger partial charge on any atom is -0.465 e. The van der Waals surface area contributed by atoms with Crippen LogP contribution in [0.15, 0.2) is 48.5 Å². The van der Waals surface area contributed by atoms with Gasteiger partial charge in [0.2, 0.25) is 11.8 Å². The quantitative estimate of drug-likeness (QED) is 0.120. The lowest BCUT2D eigenvalue weighted by Gasteiger charge is -2.40. The van der Waals surface area contributed by atoms with E-state index >= 15 is 4.39 Å². The Morgan fingerprint density at radius 2 is 1.84 bits per heavy atom. The number of piperidine rings is 1.